The smallest absolute Gasteiger partial charge is 0.0476 e. The lowest BCUT2D eigenvalue weighted by Gasteiger charge is -2.49. The fourth-order valence-electron chi connectivity index (χ4n) is 3.84. The van der Waals surface area contributed by atoms with Crippen molar-refractivity contribution < 1.29 is 0 Å². The minimum absolute atomic E-state index is 0.579. The van der Waals surface area contributed by atoms with E-state index in [-0.39, 0.29) is 0 Å². The standard InChI is InChI=1S/C18H28N2S/c1-15(21-2)12-20-13-17-10-6-7-11-19(17)14-18(20)16-8-4-3-5-9-16/h3-5,8-9,15,17-18H,6-7,10-14H2,1-2H3. The zero-order valence-corrected chi connectivity index (χ0v) is 14.2. The van der Waals surface area contributed by atoms with Crippen molar-refractivity contribution in [3.63, 3.8) is 0 Å². The van der Waals surface area contributed by atoms with Crippen molar-refractivity contribution in [2.75, 3.05) is 32.4 Å². The van der Waals surface area contributed by atoms with Crippen molar-refractivity contribution in [1.82, 2.24) is 9.80 Å². The summed E-state index contributed by atoms with van der Waals surface area (Å²) in [7, 11) is 0. The lowest BCUT2D eigenvalue weighted by Crippen LogP contribution is -2.56. The molecule has 0 spiro atoms. The second-order valence-electron chi connectivity index (χ2n) is 6.57. The first kappa shape index (κ1) is 15.4. The van der Waals surface area contributed by atoms with Crippen molar-refractivity contribution in [3.8, 4) is 0 Å². The lowest BCUT2D eigenvalue weighted by molar-refractivity contribution is 0.00881. The second kappa shape index (κ2) is 7.17. The number of thioether (sulfide) groups is 1. The minimum atomic E-state index is 0.579. The highest BCUT2D eigenvalue weighted by Gasteiger charge is 2.35. The quantitative estimate of drug-likeness (QED) is 0.838. The fraction of sp³-hybridized carbons (Fsp3) is 0.667. The van der Waals surface area contributed by atoms with Gasteiger partial charge < -0.3 is 0 Å². The van der Waals surface area contributed by atoms with Crippen LogP contribution in [0.5, 0.6) is 0 Å². The number of fused-ring (bicyclic) bond motifs is 1. The molecule has 3 rings (SSSR count). The molecular formula is C18H28N2S. The molecule has 2 saturated heterocycles. The first-order chi connectivity index (χ1) is 10.3. The Kier molecular flexibility index (Phi) is 5.25. The molecule has 3 unspecified atom stereocenters. The normalized spacial score (nSPS) is 29.0. The van der Waals surface area contributed by atoms with Crippen molar-refractivity contribution >= 4 is 11.8 Å². The Bertz CT molecular complexity index is 436. The van der Waals surface area contributed by atoms with Gasteiger partial charge in [-0.25, -0.2) is 0 Å². The Morgan fingerprint density at radius 3 is 2.76 bits per heavy atom. The molecule has 2 aliphatic heterocycles. The summed E-state index contributed by atoms with van der Waals surface area (Å²) in [6, 6.07) is 12.5. The van der Waals surface area contributed by atoms with Crippen LogP contribution in [0.25, 0.3) is 0 Å². The van der Waals surface area contributed by atoms with Gasteiger partial charge in [0.15, 0.2) is 0 Å². The summed E-state index contributed by atoms with van der Waals surface area (Å²) in [5.74, 6) is 0. The van der Waals surface area contributed by atoms with E-state index in [2.05, 4.69) is 53.3 Å². The van der Waals surface area contributed by atoms with Crippen LogP contribution in [0.1, 0.15) is 37.8 Å². The van der Waals surface area contributed by atoms with Gasteiger partial charge in [-0.05, 0) is 31.2 Å². The summed E-state index contributed by atoms with van der Waals surface area (Å²) in [4.78, 5) is 5.50. The second-order valence-corrected chi connectivity index (χ2v) is 7.85. The van der Waals surface area contributed by atoms with Gasteiger partial charge in [0, 0.05) is 37.0 Å². The summed E-state index contributed by atoms with van der Waals surface area (Å²) in [6.07, 6.45) is 6.44. The highest BCUT2D eigenvalue weighted by Crippen LogP contribution is 2.32. The highest BCUT2D eigenvalue weighted by molar-refractivity contribution is 7.99. The van der Waals surface area contributed by atoms with E-state index in [0.29, 0.717) is 11.3 Å². The van der Waals surface area contributed by atoms with E-state index in [9.17, 15) is 0 Å². The minimum Gasteiger partial charge on any atom is -0.297 e. The van der Waals surface area contributed by atoms with Crippen molar-refractivity contribution in [3.05, 3.63) is 35.9 Å². The monoisotopic (exact) mass is 304 g/mol. The van der Waals surface area contributed by atoms with Gasteiger partial charge in [0.1, 0.15) is 0 Å². The zero-order chi connectivity index (χ0) is 14.7. The van der Waals surface area contributed by atoms with E-state index in [4.69, 9.17) is 0 Å². The summed E-state index contributed by atoms with van der Waals surface area (Å²) >= 11 is 1.99. The summed E-state index contributed by atoms with van der Waals surface area (Å²) in [5, 5.41) is 0.714. The molecule has 0 aromatic heterocycles. The molecule has 0 saturated carbocycles. The van der Waals surface area contributed by atoms with Gasteiger partial charge in [0.25, 0.3) is 0 Å². The summed E-state index contributed by atoms with van der Waals surface area (Å²) in [6.45, 7) is 7.35. The number of benzene rings is 1. The molecule has 3 heteroatoms. The lowest BCUT2D eigenvalue weighted by atomic mass is 9.93. The number of hydrogen-bond acceptors (Lipinski definition) is 3. The Labute approximate surface area is 133 Å². The van der Waals surface area contributed by atoms with Crippen LogP contribution in [0.2, 0.25) is 0 Å². The third-order valence-corrected chi connectivity index (χ3v) is 6.07. The Hall–Kier alpha value is -0.510. The molecule has 0 amide bonds. The van der Waals surface area contributed by atoms with Crippen LogP contribution in [0.15, 0.2) is 30.3 Å². The molecule has 0 radical (unpaired) electrons. The molecule has 0 N–H and O–H groups in total. The van der Waals surface area contributed by atoms with Crippen LogP contribution in [-0.4, -0.2) is 53.5 Å². The Morgan fingerprint density at radius 1 is 1.19 bits per heavy atom. The average Bonchev–Trinajstić information content (AvgIpc) is 2.55. The van der Waals surface area contributed by atoms with Gasteiger partial charge in [-0.3, -0.25) is 9.80 Å². The predicted octanol–water partition coefficient (Wildman–Crippen LogP) is 3.65. The van der Waals surface area contributed by atoms with Crippen LogP contribution in [0.4, 0.5) is 0 Å². The molecule has 2 aliphatic rings. The molecule has 3 atom stereocenters. The van der Waals surface area contributed by atoms with Crippen molar-refractivity contribution in [1.29, 1.82) is 0 Å². The Morgan fingerprint density at radius 2 is 2.00 bits per heavy atom. The molecule has 0 bridgehead atoms. The first-order valence-electron chi connectivity index (χ1n) is 8.33. The molecule has 2 nitrogen and oxygen atoms in total. The number of nitrogens with zero attached hydrogens (tertiary/aromatic N) is 2. The van der Waals surface area contributed by atoms with Gasteiger partial charge >= 0.3 is 0 Å². The summed E-state index contributed by atoms with van der Waals surface area (Å²) in [5.41, 5.74) is 1.50. The maximum atomic E-state index is 2.75. The Balaban J connectivity index is 1.79. The average molecular weight is 305 g/mol. The highest BCUT2D eigenvalue weighted by atomic mass is 32.2. The van der Waals surface area contributed by atoms with E-state index >= 15 is 0 Å². The summed E-state index contributed by atoms with van der Waals surface area (Å²) < 4.78 is 0. The molecule has 21 heavy (non-hydrogen) atoms. The SMILES string of the molecule is CSC(C)CN1CC2CCCCN2CC1c1ccccc1. The van der Waals surface area contributed by atoms with Crippen LogP contribution in [0.3, 0.4) is 0 Å². The van der Waals surface area contributed by atoms with E-state index in [1.165, 1.54) is 51.0 Å². The van der Waals surface area contributed by atoms with Crippen LogP contribution in [0, 0.1) is 0 Å². The molecule has 1 aromatic carbocycles. The van der Waals surface area contributed by atoms with Gasteiger partial charge in [-0.15, -0.1) is 0 Å². The number of hydrogen-bond donors (Lipinski definition) is 0. The first-order valence-corrected chi connectivity index (χ1v) is 9.62. The fourth-order valence-corrected chi connectivity index (χ4v) is 4.18. The predicted molar refractivity (Wildman–Crippen MR) is 92.9 cm³/mol. The van der Waals surface area contributed by atoms with Gasteiger partial charge in [0.2, 0.25) is 0 Å². The third kappa shape index (κ3) is 3.64. The molecular weight excluding hydrogens is 276 g/mol. The molecule has 1 aromatic rings. The van der Waals surface area contributed by atoms with Crippen molar-refractivity contribution in [2.24, 2.45) is 0 Å². The molecule has 2 fully saturated rings. The van der Waals surface area contributed by atoms with Crippen LogP contribution < -0.4 is 0 Å². The molecule has 0 aliphatic carbocycles. The van der Waals surface area contributed by atoms with E-state index in [1.807, 2.05) is 11.8 Å². The zero-order valence-electron chi connectivity index (χ0n) is 13.4. The number of piperazine rings is 1. The van der Waals surface area contributed by atoms with Crippen LogP contribution >= 0.6 is 11.8 Å². The van der Waals surface area contributed by atoms with Gasteiger partial charge in [-0.1, -0.05) is 43.7 Å². The van der Waals surface area contributed by atoms with Gasteiger partial charge in [0.05, 0.1) is 0 Å². The number of piperidine rings is 1. The van der Waals surface area contributed by atoms with Crippen LogP contribution in [-0.2, 0) is 0 Å². The largest absolute Gasteiger partial charge is 0.297 e. The van der Waals surface area contributed by atoms with E-state index in [1.54, 1.807) is 0 Å². The van der Waals surface area contributed by atoms with Crippen molar-refractivity contribution in [2.45, 2.75) is 43.5 Å². The molecule has 2 heterocycles. The van der Waals surface area contributed by atoms with E-state index in [0.717, 1.165) is 6.04 Å². The maximum Gasteiger partial charge on any atom is 0.0476 e. The van der Waals surface area contributed by atoms with Gasteiger partial charge in [-0.2, -0.15) is 11.8 Å². The molecule has 116 valence electrons. The van der Waals surface area contributed by atoms with E-state index < -0.39 is 0 Å². The topological polar surface area (TPSA) is 6.48 Å². The maximum absolute atomic E-state index is 2.75. The third-order valence-electron chi connectivity index (χ3n) is 5.12. The number of rotatable bonds is 4.